The van der Waals surface area contributed by atoms with Gasteiger partial charge in [0.05, 0.1) is 18.7 Å². The van der Waals surface area contributed by atoms with Gasteiger partial charge in [-0.05, 0) is 43.4 Å². The number of amides is 1. The van der Waals surface area contributed by atoms with Crippen molar-refractivity contribution in [2.75, 3.05) is 32.8 Å². The summed E-state index contributed by atoms with van der Waals surface area (Å²) in [7, 11) is 0. The number of aromatic nitrogens is 2. The van der Waals surface area contributed by atoms with Crippen molar-refractivity contribution in [2.45, 2.75) is 26.3 Å². The van der Waals surface area contributed by atoms with E-state index in [0.717, 1.165) is 42.7 Å². The second kappa shape index (κ2) is 7.55. The van der Waals surface area contributed by atoms with Crippen LogP contribution in [-0.2, 0) is 11.3 Å². The molecule has 2 heterocycles. The number of nitrogens with one attached hydrogen (secondary N) is 1. The number of aryl methyl sites for hydroxylation is 1. The lowest BCUT2D eigenvalue weighted by Crippen LogP contribution is -2.44. The average Bonchev–Trinajstić information content (AvgIpc) is 3.32. The van der Waals surface area contributed by atoms with E-state index in [4.69, 9.17) is 16.5 Å². The number of ether oxygens (including phenoxy) is 1. The molecule has 7 heteroatoms. The standard InChI is InChI=1S/C19H25ClN4O2/c1-13-6-18-16(11-23(22-18)10-15-8-21-9-15)7-17(13)19(25)24(20)4-5-26-12-14-2-3-14/h6-7,11,14-15,21H,2-5,8-10,12H2,1H3. The van der Waals surface area contributed by atoms with Gasteiger partial charge in [-0.2, -0.15) is 5.10 Å². The smallest absolute Gasteiger partial charge is 0.268 e. The molecule has 4 rings (SSSR count). The lowest BCUT2D eigenvalue weighted by Gasteiger charge is -2.26. The van der Waals surface area contributed by atoms with Crippen LogP contribution in [-0.4, -0.2) is 53.0 Å². The Morgan fingerprint density at radius 1 is 1.38 bits per heavy atom. The molecule has 1 aliphatic heterocycles. The highest BCUT2D eigenvalue weighted by molar-refractivity contribution is 6.24. The zero-order chi connectivity index (χ0) is 18.1. The van der Waals surface area contributed by atoms with Crippen molar-refractivity contribution in [2.24, 2.45) is 11.8 Å². The van der Waals surface area contributed by atoms with Crippen molar-refractivity contribution in [3.63, 3.8) is 0 Å². The van der Waals surface area contributed by atoms with E-state index in [1.54, 1.807) is 0 Å². The number of rotatable bonds is 8. The molecule has 2 aliphatic rings. The van der Waals surface area contributed by atoms with Gasteiger partial charge in [0.1, 0.15) is 0 Å². The van der Waals surface area contributed by atoms with Crippen LogP contribution >= 0.6 is 11.8 Å². The zero-order valence-electron chi connectivity index (χ0n) is 15.1. The van der Waals surface area contributed by atoms with Gasteiger partial charge in [-0.15, -0.1) is 0 Å². The lowest BCUT2D eigenvalue weighted by molar-refractivity contribution is 0.0776. The summed E-state index contributed by atoms with van der Waals surface area (Å²) in [6.45, 7) is 6.56. The van der Waals surface area contributed by atoms with Crippen LogP contribution in [0, 0.1) is 18.8 Å². The molecular weight excluding hydrogens is 352 g/mol. The van der Waals surface area contributed by atoms with Gasteiger partial charge in [0.2, 0.25) is 0 Å². The molecule has 1 aromatic heterocycles. The first-order valence-electron chi connectivity index (χ1n) is 9.34. The first-order valence-corrected chi connectivity index (χ1v) is 9.68. The first-order chi connectivity index (χ1) is 12.6. The van der Waals surface area contributed by atoms with Crippen LogP contribution in [0.5, 0.6) is 0 Å². The summed E-state index contributed by atoms with van der Waals surface area (Å²) in [5.74, 6) is 1.17. The molecule has 1 saturated carbocycles. The van der Waals surface area contributed by atoms with Crippen LogP contribution < -0.4 is 5.32 Å². The molecule has 1 aromatic carbocycles. The van der Waals surface area contributed by atoms with Gasteiger partial charge >= 0.3 is 0 Å². The van der Waals surface area contributed by atoms with E-state index in [9.17, 15) is 4.79 Å². The molecule has 0 unspecified atom stereocenters. The zero-order valence-corrected chi connectivity index (χ0v) is 15.8. The normalized spacial score (nSPS) is 17.5. The third kappa shape index (κ3) is 4.03. The van der Waals surface area contributed by atoms with Gasteiger partial charge in [-0.3, -0.25) is 9.48 Å². The minimum Gasteiger partial charge on any atom is -0.379 e. The third-order valence-electron chi connectivity index (χ3n) is 5.14. The number of carbonyl (C=O) groups excluding carboxylic acids is 1. The highest BCUT2D eigenvalue weighted by Gasteiger charge is 2.22. The fourth-order valence-electron chi connectivity index (χ4n) is 3.20. The number of carbonyl (C=O) groups is 1. The topological polar surface area (TPSA) is 59.4 Å². The Hall–Kier alpha value is -1.63. The molecule has 140 valence electrons. The molecule has 0 atom stereocenters. The summed E-state index contributed by atoms with van der Waals surface area (Å²) in [6, 6.07) is 3.86. The van der Waals surface area contributed by atoms with E-state index < -0.39 is 0 Å². The largest absolute Gasteiger partial charge is 0.379 e. The number of halogens is 1. The van der Waals surface area contributed by atoms with Crippen molar-refractivity contribution in [1.82, 2.24) is 19.5 Å². The summed E-state index contributed by atoms with van der Waals surface area (Å²) < 4.78 is 8.78. The van der Waals surface area contributed by atoms with Crippen LogP contribution in [0.1, 0.15) is 28.8 Å². The minimum absolute atomic E-state index is 0.183. The van der Waals surface area contributed by atoms with E-state index in [-0.39, 0.29) is 5.91 Å². The van der Waals surface area contributed by atoms with Gasteiger partial charge in [-0.25, -0.2) is 4.42 Å². The first kappa shape index (κ1) is 17.8. The van der Waals surface area contributed by atoms with E-state index in [2.05, 4.69) is 10.4 Å². The fourth-order valence-corrected chi connectivity index (χ4v) is 3.36. The summed E-state index contributed by atoms with van der Waals surface area (Å²) >= 11 is 6.20. The van der Waals surface area contributed by atoms with E-state index in [1.807, 2.05) is 29.9 Å². The van der Waals surface area contributed by atoms with E-state index >= 15 is 0 Å². The van der Waals surface area contributed by atoms with Crippen LogP contribution in [0.25, 0.3) is 10.9 Å². The highest BCUT2D eigenvalue weighted by atomic mass is 35.5. The molecule has 1 amide bonds. The van der Waals surface area contributed by atoms with Crippen molar-refractivity contribution in [1.29, 1.82) is 0 Å². The highest BCUT2D eigenvalue weighted by Crippen LogP contribution is 2.28. The molecule has 1 aliphatic carbocycles. The van der Waals surface area contributed by atoms with E-state index in [1.165, 1.54) is 17.3 Å². The molecular formula is C19H25ClN4O2. The number of benzene rings is 1. The van der Waals surface area contributed by atoms with Gasteiger partial charge in [0.15, 0.2) is 0 Å². The lowest BCUT2D eigenvalue weighted by atomic mass is 10.0. The van der Waals surface area contributed by atoms with Gasteiger partial charge in [0, 0.05) is 61.1 Å². The Kier molecular flexibility index (Phi) is 5.16. The van der Waals surface area contributed by atoms with E-state index in [0.29, 0.717) is 30.6 Å². The number of hydrogen-bond acceptors (Lipinski definition) is 4. The molecule has 26 heavy (non-hydrogen) atoms. The number of fused-ring (bicyclic) bond motifs is 1. The van der Waals surface area contributed by atoms with Crippen LogP contribution in [0.3, 0.4) is 0 Å². The second-order valence-corrected chi connectivity index (χ2v) is 7.92. The second-order valence-electron chi connectivity index (χ2n) is 7.51. The van der Waals surface area contributed by atoms with Gasteiger partial charge in [0.25, 0.3) is 5.91 Å². The summed E-state index contributed by atoms with van der Waals surface area (Å²) in [5.41, 5.74) is 2.43. The third-order valence-corrected chi connectivity index (χ3v) is 5.46. The molecule has 1 N–H and O–H groups in total. The molecule has 0 spiro atoms. The average molecular weight is 377 g/mol. The summed E-state index contributed by atoms with van der Waals surface area (Å²) in [4.78, 5) is 12.7. The Balaban J connectivity index is 1.41. The fraction of sp³-hybridized carbons (Fsp3) is 0.579. The predicted octanol–water partition coefficient (Wildman–Crippen LogP) is 2.59. The minimum atomic E-state index is -0.183. The van der Waals surface area contributed by atoms with Crippen LogP contribution in [0.2, 0.25) is 0 Å². The van der Waals surface area contributed by atoms with Crippen LogP contribution in [0.15, 0.2) is 18.3 Å². The maximum atomic E-state index is 12.7. The Labute approximate surface area is 158 Å². The SMILES string of the molecule is Cc1cc2nn(CC3CNC3)cc2cc1C(=O)N(Cl)CCOCC1CC1. The molecule has 2 fully saturated rings. The van der Waals surface area contributed by atoms with Crippen molar-refractivity contribution < 1.29 is 9.53 Å². The number of hydrogen-bond donors (Lipinski definition) is 1. The molecule has 0 radical (unpaired) electrons. The summed E-state index contributed by atoms with van der Waals surface area (Å²) in [6.07, 6.45) is 4.53. The maximum absolute atomic E-state index is 12.7. The predicted molar refractivity (Wildman–Crippen MR) is 101 cm³/mol. The van der Waals surface area contributed by atoms with Gasteiger partial charge < -0.3 is 10.1 Å². The van der Waals surface area contributed by atoms with Crippen molar-refractivity contribution in [3.05, 3.63) is 29.5 Å². The Morgan fingerprint density at radius 3 is 2.88 bits per heavy atom. The molecule has 6 nitrogen and oxygen atoms in total. The maximum Gasteiger partial charge on any atom is 0.268 e. The molecule has 2 aromatic rings. The Morgan fingerprint density at radius 2 is 2.19 bits per heavy atom. The quantitative estimate of drug-likeness (QED) is 0.568. The summed E-state index contributed by atoms with van der Waals surface area (Å²) in [5, 5.41) is 8.88. The molecule has 0 bridgehead atoms. The molecule has 1 saturated heterocycles. The monoisotopic (exact) mass is 376 g/mol. The van der Waals surface area contributed by atoms with Gasteiger partial charge in [-0.1, -0.05) is 0 Å². The number of nitrogens with zero attached hydrogens (tertiary/aromatic N) is 3. The van der Waals surface area contributed by atoms with Crippen LogP contribution in [0.4, 0.5) is 0 Å². The Bertz CT molecular complexity index is 798. The van der Waals surface area contributed by atoms with Crippen molar-refractivity contribution >= 4 is 28.6 Å². The van der Waals surface area contributed by atoms with Crippen molar-refractivity contribution in [3.8, 4) is 0 Å².